The Morgan fingerprint density at radius 1 is 1.46 bits per heavy atom. The van der Waals surface area contributed by atoms with Crippen LogP contribution in [0.25, 0.3) is 0 Å². The van der Waals surface area contributed by atoms with Gasteiger partial charge in [0.15, 0.2) is 0 Å². The lowest BCUT2D eigenvalue weighted by molar-refractivity contribution is 0.115. The van der Waals surface area contributed by atoms with Crippen molar-refractivity contribution in [2.75, 3.05) is 44.6 Å². The largest absolute Gasteiger partial charge is 0.379 e. The van der Waals surface area contributed by atoms with E-state index in [0.29, 0.717) is 6.04 Å². The van der Waals surface area contributed by atoms with Crippen LogP contribution in [0.4, 0.5) is 0 Å². The van der Waals surface area contributed by atoms with E-state index in [1.165, 1.54) is 5.75 Å². The number of likely N-dealkylation sites (N-methyl/N-ethyl adjacent to an activating group) is 1. The molecule has 13 heavy (non-hydrogen) atoms. The van der Waals surface area contributed by atoms with Crippen molar-refractivity contribution in [1.82, 2.24) is 4.90 Å². The molecule has 0 aliphatic heterocycles. The second-order valence-corrected chi connectivity index (χ2v) is 4.48. The van der Waals surface area contributed by atoms with Crippen molar-refractivity contribution in [2.45, 2.75) is 13.0 Å². The summed E-state index contributed by atoms with van der Waals surface area (Å²) in [5.41, 5.74) is 0. The molecule has 1 unspecified atom stereocenters. The number of thioether (sulfide) groups is 1. The van der Waals surface area contributed by atoms with Gasteiger partial charge in [-0.1, -0.05) is 0 Å². The third-order valence-electron chi connectivity index (χ3n) is 1.98. The molecule has 0 rings (SSSR count). The van der Waals surface area contributed by atoms with E-state index in [0.717, 1.165) is 25.5 Å². The van der Waals surface area contributed by atoms with Gasteiger partial charge in [-0.05, 0) is 20.2 Å². The number of ether oxygens (including phenoxy) is 1. The van der Waals surface area contributed by atoms with Gasteiger partial charge in [-0.3, -0.25) is 0 Å². The Morgan fingerprint density at radius 3 is 2.69 bits per heavy atom. The minimum absolute atomic E-state index is 0.634. The second kappa shape index (κ2) is 9.19. The Balaban J connectivity index is 3.32. The van der Waals surface area contributed by atoms with Crippen molar-refractivity contribution in [3.63, 3.8) is 0 Å². The standard InChI is InChI=1S/C9H21NOS2/c1-9(8-13-3)10(2)4-5-11-6-7-12/h9,12H,4-8H2,1-3H3. The van der Waals surface area contributed by atoms with Crippen LogP contribution < -0.4 is 0 Å². The van der Waals surface area contributed by atoms with Crippen LogP contribution in [0.5, 0.6) is 0 Å². The predicted molar refractivity (Wildman–Crippen MR) is 65.1 cm³/mol. The van der Waals surface area contributed by atoms with Crippen LogP contribution in [0, 0.1) is 0 Å². The smallest absolute Gasteiger partial charge is 0.0593 e. The van der Waals surface area contributed by atoms with Gasteiger partial charge in [0, 0.05) is 24.1 Å². The first-order valence-electron chi connectivity index (χ1n) is 4.60. The Morgan fingerprint density at radius 2 is 2.15 bits per heavy atom. The minimum atomic E-state index is 0.634. The van der Waals surface area contributed by atoms with Gasteiger partial charge in [0.1, 0.15) is 0 Å². The molecule has 0 amide bonds. The zero-order valence-electron chi connectivity index (χ0n) is 8.82. The number of hydrogen-bond donors (Lipinski definition) is 1. The molecular weight excluding hydrogens is 202 g/mol. The second-order valence-electron chi connectivity index (χ2n) is 3.12. The third kappa shape index (κ3) is 7.67. The van der Waals surface area contributed by atoms with Crippen LogP contribution in [0.3, 0.4) is 0 Å². The Bertz CT molecular complexity index is 114. The molecule has 0 aromatic rings. The monoisotopic (exact) mass is 223 g/mol. The summed E-state index contributed by atoms with van der Waals surface area (Å²) in [7, 11) is 2.14. The highest BCUT2D eigenvalue weighted by Gasteiger charge is 2.06. The fraction of sp³-hybridized carbons (Fsp3) is 1.00. The van der Waals surface area contributed by atoms with Gasteiger partial charge in [-0.15, -0.1) is 0 Å². The highest BCUT2D eigenvalue weighted by Crippen LogP contribution is 2.02. The van der Waals surface area contributed by atoms with E-state index in [2.05, 4.69) is 37.8 Å². The summed E-state index contributed by atoms with van der Waals surface area (Å²) in [6.45, 7) is 4.83. The molecule has 80 valence electrons. The maximum absolute atomic E-state index is 5.36. The summed E-state index contributed by atoms with van der Waals surface area (Å²) >= 11 is 5.96. The minimum Gasteiger partial charge on any atom is -0.379 e. The molecule has 0 N–H and O–H groups in total. The molecule has 1 atom stereocenters. The van der Waals surface area contributed by atoms with Gasteiger partial charge in [-0.2, -0.15) is 24.4 Å². The number of rotatable bonds is 8. The van der Waals surface area contributed by atoms with E-state index >= 15 is 0 Å². The maximum atomic E-state index is 5.36. The average Bonchev–Trinajstić information content (AvgIpc) is 2.12. The molecule has 0 aliphatic rings. The Hall–Kier alpha value is 0.620. The molecule has 4 heteroatoms. The first-order valence-corrected chi connectivity index (χ1v) is 6.62. The molecular formula is C9H21NOS2. The van der Waals surface area contributed by atoms with E-state index < -0.39 is 0 Å². The summed E-state index contributed by atoms with van der Waals surface area (Å²) in [5, 5.41) is 0. The van der Waals surface area contributed by atoms with Crippen LogP contribution in [0.1, 0.15) is 6.92 Å². The first-order chi connectivity index (χ1) is 6.22. The number of hydrogen-bond acceptors (Lipinski definition) is 4. The third-order valence-corrected chi connectivity index (χ3v) is 2.98. The van der Waals surface area contributed by atoms with E-state index in [9.17, 15) is 0 Å². The fourth-order valence-electron chi connectivity index (χ4n) is 0.964. The van der Waals surface area contributed by atoms with Crippen LogP contribution in [0.15, 0.2) is 0 Å². The molecule has 0 aliphatic carbocycles. The number of thiol groups is 1. The Labute approximate surface area is 91.8 Å². The van der Waals surface area contributed by atoms with Gasteiger partial charge >= 0.3 is 0 Å². The van der Waals surface area contributed by atoms with Crippen LogP contribution in [-0.2, 0) is 4.74 Å². The normalized spacial score (nSPS) is 13.6. The molecule has 0 fully saturated rings. The summed E-state index contributed by atoms with van der Waals surface area (Å²) < 4.78 is 5.36. The molecule has 2 nitrogen and oxygen atoms in total. The molecule has 0 bridgehead atoms. The van der Waals surface area contributed by atoms with Crippen molar-refractivity contribution in [3.8, 4) is 0 Å². The SMILES string of the molecule is CSCC(C)N(C)CCOCCS. The number of nitrogens with zero attached hydrogens (tertiary/aromatic N) is 1. The molecule has 0 spiro atoms. The van der Waals surface area contributed by atoms with Crippen molar-refractivity contribution < 1.29 is 4.74 Å². The summed E-state index contributed by atoms with van der Waals surface area (Å²) in [5.74, 6) is 1.99. The van der Waals surface area contributed by atoms with E-state index in [-0.39, 0.29) is 0 Å². The molecule has 0 heterocycles. The lowest BCUT2D eigenvalue weighted by Crippen LogP contribution is -2.33. The van der Waals surface area contributed by atoms with Gasteiger partial charge in [-0.25, -0.2) is 0 Å². The maximum Gasteiger partial charge on any atom is 0.0593 e. The lowest BCUT2D eigenvalue weighted by atomic mass is 10.3. The van der Waals surface area contributed by atoms with Gasteiger partial charge < -0.3 is 9.64 Å². The molecule has 0 aromatic heterocycles. The van der Waals surface area contributed by atoms with Crippen molar-refractivity contribution in [1.29, 1.82) is 0 Å². The summed E-state index contributed by atoms with van der Waals surface area (Å²) in [6, 6.07) is 0.634. The quantitative estimate of drug-likeness (QED) is 0.496. The highest BCUT2D eigenvalue weighted by atomic mass is 32.2. The summed E-state index contributed by atoms with van der Waals surface area (Å²) in [4.78, 5) is 2.33. The van der Waals surface area contributed by atoms with Gasteiger partial charge in [0.2, 0.25) is 0 Å². The van der Waals surface area contributed by atoms with Crippen molar-refractivity contribution >= 4 is 24.4 Å². The zero-order chi connectivity index (χ0) is 10.1. The molecule has 0 aromatic carbocycles. The highest BCUT2D eigenvalue weighted by molar-refractivity contribution is 7.98. The van der Waals surface area contributed by atoms with E-state index in [1.807, 2.05) is 11.8 Å². The van der Waals surface area contributed by atoms with Crippen LogP contribution in [-0.4, -0.2) is 55.5 Å². The summed E-state index contributed by atoms with van der Waals surface area (Å²) in [6.07, 6.45) is 2.14. The van der Waals surface area contributed by atoms with E-state index in [4.69, 9.17) is 4.74 Å². The van der Waals surface area contributed by atoms with Gasteiger partial charge in [0.05, 0.1) is 13.2 Å². The lowest BCUT2D eigenvalue weighted by Gasteiger charge is -2.23. The predicted octanol–water partition coefficient (Wildman–Crippen LogP) is 1.62. The van der Waals surface area contributed by atoms with Crippen LogP contribution >= 0.6 is 24.4 Å². The molecule has 0 saturated heterocycles. The van der Waals surface area contributed by atoms with E-state index in [1.54, 1.807) is 0 Å². The molecule has 0 radical (unpaired) electrons. The fourth-order valence-corrected chi connectivity index (χ4v) is 1.83. The van der Waals surface area contributed by atoms with Crippen molar-refractivity contribution in [2.24, 2.45) is 0 Å². The van der Waals surface area contributed by atoms with Crippen molar-refractivity contribution in [3.05, 3.63) is 0 Å². The van der Waals surface area contributed by atoms with Crippen LogP contribution in [0.2, 0.25) is 0 Å². The Kier molecular flexibility index (Phi) is 9.62. The zero-order valence-corrected chi connectivity index (χ0v) is 10.5. The topological polar surface area (TPSA) is 12.5 Å². The van der Waals surface area contributed by atoms with Gasteiger partial charge in [0.25, 0.3) is 0 Å². The molecule has 0 saturated carbocycles. The average molecular weight is 223 g/mol. The first kappa shape index (κ1) is 13.6.